The van der Waals surface area contributed by atoms with Crippen LogP contribution in [0.3, 0.4) is 0 Å². The number of primary amides is 1. The van der Waals surface area contributed by atoms with Gasteiger partial charge in [-0.3, -0.25) is 9.78 Å². The number of rotatable bonds is 3. The van der Waals surface area contributed by atoms with Gasteiger partial charge in [-0.05, 0) is 30.3 Å². The zero-order valence-electron chi connectivity index (χ0n) is 11.2. The third kappa shape index (κ3) is 2.49. The van der Waals surface area contributed by atoms with E-state index in [1.807, 2.05) is 24.3 Å². The summed E-state index contributed by atoms with van der Waals surface area (Å²) >= 11 is 0. The van der Waals surface area contributed by atoms with Crippen LogP contribution in [0.15, 0.2) is 54.9 Å². The first-order valence-electron chi connectivity index (χ1n) is 6.44. The molecule has 0 unspecified atom stereocenters. The summed E-state index contributed by atoms with van der Waals surface area (Å²) in [6.07, 6.45) is 3.52. The van der Waals surface area contributed by atoms with Gasteiger partial charge in [0.25, 0.3) is 5.91 Å². The topological polar surface area (TPSA) is 94.0 Å². The van der Waals surface area contributed by atoms with Crippen LogP contribution in [-0.2, 0) is 0 Å². The highest BCUT2D eigenvalue weighted by Gasteiger charge is 2.10. The second-order valence-corrected chi connectivity index (χ2v) is 4.70. The minimum atomic E-state index is -0.522. The van der Waals surface area contributed by atoms with Gasteiger partial charge in [0.2, 0.25) is 0 Å². The molecule has 2 aromatic carbocycles. The third-order valence-electron chi connectivity index (χ3n) is 3.26. The number of amides is 1. The molecule has 104 valence electrons. The number of anilines is 3. The number of fused-ring (bicyclic) bond motifs is 1. The van der Waals surface area contributed by atoms with Crippen molar-refractivity contribution in [1.29, 1.82) is 0 Å². The molecule has 3 aromatic rings. The first kappa shape index (κ1) is 12.9. The fourth-order valence-electron chi connectivity index (χ4n) is 2.25. The average Bonchev–Trinajstić information content (AvgIpc) is 2.49. The van der Waals surface area contributed by atoms with Crippen LogP contribution in [0.5, 0.6) is 0 Å². The highest BCUT2D eigenvalue weighted by atomic mass is 16.1. The lowest BCUT2D eigenvalue weighted by Gasteiger charge is -2.13. The maximum atomic E-state index is 11.5. The molecule has 0 saturated heterocycles. The van der Waals surface area contributed by atoms with Crippen molar-refractivity contribution < 1.29 is 4.79 Å². The van der Waals surface area contributed by atoms with Crippen LogP contribution in [0.25, 0.3) is 10.8 Å². The largest absolute Gasteiger partial charge is 0.399 e. The van der Waals surface area contributed by atoms with E-state index in [-0.39, 0.29) is 0 Å². The molecule has 0 fully saturated rings. The highest BCUT2D eigenvalue weighted by Crippen LogP contribution is 2.28. The predicted molar refractivity (Wildman–Crippen MR) is 84.4 cm³/mol. The fraction of sp³-hybridized carbons (Fsp3) is 0. The Hall–Kier alpha value is -3.08. The molecule has 0 atom stereocenters. The van der Waals surface area contributed by atoms with Crippen LogP contribution >= 0.6 is 0 Å². The summed E-state index contributed by atoms with van der Waals surface area (Å²) in [6, 6.07) is 12.8. The summed E-state index contributed by atoms with van der Waals surface area (Å²) in [6.45, 7) is 0. The first-order chi connectivity index (χ1) is 10.1. The molecular formula is C16H14N4O. The summed E-state index contributed by atoms with van der Waals surface area (Å²) in [4.78, 5) is 15.6. The Balaban J connectivity index is 2.09. The average molecular weight is 278 g/mol. The van der Waals surface area contributed by atoms with E-state index in [9.17, 15) is 4.79 Å². The SMILES string of the molecule is NC(=O)c1cc(N)ccc1Nc1cccc2cnccc12. The van der Waals surface area contributed by atoms with E-state index < -0.39 is 5.91 Å². The van der Waals surface area contributed by atoms with E-state index in [1.165, 1.54) is 0 Å². The van der Waals surface area contributed by atoms with E-state index in [0.29, 0.717) is 16.9 Å². The zero-order valence-corrected chi connectivity index (χ0v) is 11.2. The third-order valence-corrected chi connectivity index (χ3v) is 3.26. The quantitative estimate of drug-likeness (QED) is 0.642. The van der Waals surface area contributed by atoms with Gasteiger partial charge in [-0.15, -0.1) is 0 Å². The lowest BCUT2D eigenvalue weighted by Crippen LogP contribution is -2.13. The van der Waals surface area contributed by atoms with Crippen LogP contribution < -0.4 is 16.8 Å². The van der Waals surface area contributed by atoms with E-state index in [4.69, 9.17) is 11.5 Å². The second kappa shape index (κ2) is 5.13. The molecule has 3 rings (SSSR count). The van der Waals surface area contributed by atoms with Crippen molar-refractivity contribution in [2.75, 3.05) is 11.1 Å². The zero-order chi connectivity index (χ0) is 14.8. The summed E-state index contributed by atoms with van der Waals surface area (Å²) in [5.41, 5.74) is 13.5. The van der Waals surface area contributed by atoms with Crippen molar-refractivity contribution in [1.82, 2.24) is 4.98 Å². The van der Waals surface area contributed by atoms with Crippen LogP contribution in [0.1, 0.15) is 10.4 Å². The van der Waals surface area contributed by atoms with Crippen molar-refractivity contribution in [3.63, 3.8) is 0 Å². The Bertz CT molecular complexity index is 824. The van der Waals surface area contributed by atoms with Gasteiger partial charge >= 0.3 is 0 Å². The number of benzene rings is 2. The number of nitrogen functional groups attached to an aromatic ring is 1. The molecule has 5 heteroatoms. The molecule has 0 saturated carbocycles. The Morgan fingerprint density at radius 1 is 1.10 bits per heavy atom. The Morgan fingerprint density at radius 3 is 2.76 bits per heavy atom. The Morgan fingerprint density at radius 2 is 1.95 bits per heavy atom. The Labute approximate surface area is 121 Å². The number of carbonyl (C=O) groups excluding carboxylic acids is 1. The maximum absolute atomic E-state index is 11.5. The number of carbonyl (C=O) groups is 1. The van der Waals surface area contributed by atoms with Crippen LogP contribution in [0.2, 0.25) is 0 Å². The van der Waals surface area contributed by atoms with Crippen molar-refractivity contribution in [3.8, 4) is 0 Å². The molecule has 0 bridgehead atoms. The lowest BCUT2D eigenvalue weighted by molar-refractivity contribution is 0.100. The molecule has 1 heterocycles. The monoisotopic (exact) mass is 278 g/mol. The van der Waals surface area contributed by atoms with Gasteiger partial charge in [0.1, 0.15) is 0 Å². The number of nitrogens with zero attached hydrogens (tertiary/aromatic N) is 1. The summed E-state index contributed by atoms with van der Waals surface area (Å²) in [7, 11) is 0. The van der Waals surface area contributed by atoms with E-state index in [0.717, 1.165) is 16.5 Å². The molecule has 1 aromatic heterocycles. The number of nitrogens with one attached hydrogen (secondary N) is 1. The minimum Gasteiger partial charge on any atom is -0.399 e. The van der Waals surface area contributed by atoms with Crippen molar-refractivity contribution in [2.24, 2.45) is 5.73 Å². The normalized spacial score (nSPS) is 10.5. The molecule has 0 spiro atoms. The summed E-state index contributed by atoms with van der Waals surface area (Å²) in [5, 5.41) is 5.27. The van der Waals surface area contributed by atoms with Crippen LogP contribution in [0, 0.1) is 0 Å². The lowest BCUT2D eigenvalue weighted by atomic mass is 10.1. The fourth-order valence-corrected chi connectivity index (χ4v) is 2.25. The standard InChI is InChI=1S/C16H14N4O/c17-11-4-5-15(13(8-11)16(18)21)20-14-3-1-2-10-9-19-7-6-12(10)14/h1-9,20H,17H2,(H2,18,21). The number of pyridine rings is 1. The first-order valence-corrected chi connectivity index (χ1v) is 6.44. The number of hydrogen-bond acceptors (Lipinski definition) is 4. The predicted octanol–water partition coefficient (Wildman–Crippen LogP) is 2.66. The molecule has 0 aliphatic rings. The van der Waals surface area contributed by atoms with Crippen molar-refractivity contribution >= 4 is 33.7 Å². The van der Waals surface area contributed by atoms with Crippen molar-refractivity contribution in [3.05, 3.63) is 60.4 Å². The van der Waals surface area contributed by atoms with Gasteiger partial charge in [-0.2, -0.15) is 0 Å². The molecule has 0 aliphatic carbocycles. The Kier molecular flexibility index (Phi) is 3.16. The molecule has 5 nitrogen and oxygen atoms in total. The molecule has 1 amide bonds. The molecular weight excluding hydrogens is 264 g/mol. The second-order valence-electron chi connectivity index (χ2n) is 4.70. The number of aromatic nitrogens is 1. The molecule has 5 N–H and O–H groups in total. The van der Waals surface area contributed by atoms with Crippen LogP contribution in [0.4, 0.5) is 17.1 Å². The van der Waals surface area contributed by atoms with Crippen LogP contribution in [-0.4, -0.2) is 10.9 Å². The smallest absolute Gasteiger partial charge is 0.250 e. The number of hydrogen-bond donors (Lipinski definition) is 3. The maximum Gasteiger partial charge on any atom is 0.250 e. The van der Waals surface area contributed by atoms with E-state index >= 15 is 0 Å². The summed E-state index contributed by atoms with van der Waals surface area (Å²) < 4.78 is 0. The molecule has 21 heavy (non-hydrogen) atoms. The summed E-state index contributed by atoms with van der Waals surface area (Å²) in [5.74, 6) is -0.522. The van der Waals surface area contributed by atoms with Gasteiger partial charge in [0.15, 0.2) is 0 Å². The van der Waals surface area contributed by atoms with E-state index in [1.54, 1.807) is 30.6 Å². The van der Waals surface area contributed by atoms with E-state index in [2.05, 4.69) is 10.3 Å². The van der Waals surface area contributed by atoms with Gasteiger partial charge in [-0.25, -0.2) is 0 Å². The minimum absolute atomic E-state index is 0.362. The van der Waals surface area contributed by atoms with Gasteiger partial charge in [0, 0.05) is 34.5 Å². The van der Waals surface area contributed by atoms with Gasteiger partial charge in [-0.1, -0.05) is 12.1 Å². The molecule has 0 radical (unpaired) electrons. The van der Waals surface area contributed by atoms with Gasteiger partial charge in [0.05, 0.1) is 11.3 Å². The van der Waals surface area contributed by atoms with Crippen molar-refractivity contribution in [2.45, 2.75) is 0 Å². The van der Waals surface area contributed by atoms with Gasteiger partial charge < -0.3 is 16.8 Å². The number of nitrogens with two attached hydrogens (primary N) is 2. The highest BCUT2D eigenvalue weighted by molar-refractivity contribution is 6.02. The molecule has 0 aliphatic heterocycles.